The zero-order valence-corrected chi connectivity index (χ0v) is 50.1. The predicted molar refractivity (Wildman–Crippen MR) is 343 cm³/mol. The largest absolute Gasteiger partial charge is 0.462 e. The smallest absolute Gasteiger partial charge is 0.306 e. The molecule has 5 nitrogen and oxygen atoms in total. The van der Waals surface area contributed by atoms with Crippen LogP contribution in [0, 0.1) is 0 Å². The molecule has 0 amide bonds. The van der Waals surface area contributed by atoms with Crippen molar-refractivity contribution in [2.24, 2.45) is 0 Å². The molecule has 1 atom stereocenters. The standard InChI is InChI=1S/C73H116O5/c1-3-5-7-9-11-13-15-17-19-21-23-25-27-29-30-31-32-33-34-35-36-37-38-39-40-41-42-44-46-48-50-52-54-56-58-60-62-64-66-68-73(76)78-71(69-74)70-77-72(75)67-65-63-61-59-57-55-53-51-49-47-45-43-28-26-24-22-20-18-16-14-12-10-8-6-4-2/h5-8,11-14,17-20,23-26,29-30,32-33,35-36,38-39,43,45,49,51,71,74H,3-4,9-10,15-16,21-22,27-28,31,34,37,40-42,44,46-48,50,52-70H2,1-2H3/b7-5-,8-6-,13-11-,14-12-,19-17-,20-18-,25-23-,26-24-,30-29-,33-32-,36-35-,39-38-,45-43-,51-49-. The first-order valence-electron chi connectivity index (χ1n) is 31.7. The molecule has 0 rings (SSSR count). The number of hydrogen-bond acceptors (Lipinski definition) is 5. The number of carbonyl (C=O) groups is 2. The number of esters is 2. The van der Waals surface area contributed by atoms with Gasteiger partial charge in [-0.2, -0.15) is 0 Å². The van der Waals surface area contributed by atoms with E-state index in [2.05, 4.69) is 184 Å². The van der Waals surface area contributed by atoms with Gasteiger partial charge in [0, 0.05) is 12.8 Å². The van der Waals surface area contributed by atoms with E-state index in [4.69, 9.17) is 9.47 Å². The number of rotatable bonds is 56. The second kappa shape index (κ2) is 66.5. The van der Waals surface area contributed by atoms with E-state index >= 15 is 0 Å². The molecule has 0 aromatic heterocycles. The van der Waals surface area contributed by atoms with Crippen LogP contribution in [0.1, 0.15) is 258 Å². The van der Waals surface area contributed by atoms with Crippen LogP contribution in [0.2, 0.25) is 0 Å². The van der Waals surface area contributed by atoms with Crippen molar-refractivity contribution in [2.45, 2.75) is 264 Å². The Bertz CT molecular complexity index is 1740. The third-order valence-corrected chi connectivity index (χ3v) is 13.0. The Hall–Kier alpha value is -4.74. The van der Waals surface area contributed by atoms with Crippen LogP contribution in [0.15, 0.2) is 170 Å². The van der Waals surface area contributed by atoms with Gasteiger partial charge in [0.05, 0.1) is 6.61 Å². The summed E-state index contributed by atoms with van der Waals surface area (Å²) in [6, 6.07) is 0. The van der Waals surface area contributed by atoms with Gasteiger partial charge in [0.15, 0.2) is 6.10 Å². The third-order valence-electron chi connectivity index (χ3n) is 13.0. The van der Waals surface area contributed by atoms with Crippen molar-refractivity contribution < 1.29 is 24.2 Å². The molecule has 5 heteroatoms. The fourth-order valence-corrected chi connectivity index (χ4v) is 8.34. The van der Waals surface area contributed by atoms with Gasteiger partial charge in [0.2, 0.25) is 0 Å². The highest BCUT2D eigenvalue weighted by molar-refractivity contribution is 5.70. The lowest BCUT2D eigenvalue weighted by atomic mass is 10.0. The Morgan fingerprint density at radius 2 is 0.513 bits per heavy atom. The molecule has 0 fully saturated rings. The highest BCUT2D eigenvalue weighted by Gasteiger charge is 2.16. The lowest BCUT2D eigenvalue weighted by Crippen LogP contribution is -2.28. The van der Waals surface area contributed by atoms with Gasteiger partial charge in [0.25, 0.3) is 0 Å². The summed E-state index contributed by atoms with van der Waals surface area (Å²) in [5, 5.41) is 9.68. The lowest BCUT2D eigenvalue weighted by molar-refractivity contribution is -0.161. The molecule has 1 unspecified atom stereocenters. The van der Waals surface area contributed by atoms with E-state index in [1.807, 2.05) is 0 Å². The molecule has 0 aliphatic carbocycles. The van der Waals surface area contributed by atoms with E-state index in [9.17, 15) is 14.7 Å². The molecule has 0 heterocycles. The second-order valence-corrected chi connectivity index (χ2v) is 20.4. The topological polar surface area (TPSA) is 72.8 Å². The number of hydrogen-bond donors (Lipinski definition) is 1. The van der Waals surface area contributed by atoms with E-state index < -0.39 is 6.10 Å². The van der Waals surface area contributed by atoms with E-state index in [1.165, 1.54) is 96.3 Å². The second-order valence-electron chi connectivity index (χ2n) is 20.4. The molecule has 78 heavy (non-hydrogen) atoms. The number of unbranched alkanes of at least 4 members (excludes halogenated alkanes) is 20. The van der Waals surface area contributed by atoms with Crippen molar-refractivity contribution in [3.8, 4) is 0 Å². The van der Waals surface area contributed by atoms with Gasteiger partial charge in [-0.15, -0.1) is 0 Å². The lowest BCUT2D eigenvalue weighted by Gasteiger charge is -2.15. The SMILES string of the molecule is CC/C=C\C/C=C\C/C=C\C/C=C\C/C=C\C/C=C\C/C=C\C/C=C\CCCCCCCCCCCCCCCCC(=O)OC(CO)COC(=O)CCCCCCCC/C=C\C/C=C\C/C=C\C/C=C\C/C=C\C/C=C\CC. The van der Waals surface area contributed by atoms with Gasteiger partial charge in [-0.25, -0.2) is 0 Å². The maximum absolute atomic E-state index is 12.3. The minimum atomic E-state index is -0.792. The van der Waals surface area contributed by atoms with E-state index in [-0.39, 0.29) is 25.2 Å². The normalized spacial score (nSPS) is 13.4. The molecule has 438 valence electrons. The van der Waals surface area contributed by atoms with Crippen molar-refractivity contribution in [3.05, 3.63) is 170 Å². The molecule has 0 aromatic carbocycles. The Morgan fingerprint density at radius 1 is 0.295 bits per heavy atom. The van der Waals surface area contributed by atoms with Gasteiger partial charge in [-0.1, -0.05) is 287 Å². The Morgan fingerprint density at radius 3 is 0.769 bits per heavy atom. The molecule has 1 N–H and O–H groups in total. The van der Waals surface area contributed by atoms with Crippen molar-refractivity contribution >= 4 is 11.9 Å². The first kappa shape index (κ1) is 73.3. The summed E-state index contributed by atoms with van der Waals surface area (Å²) in [5.74, 6) is -0.615. The maximum atomic E-state index is 12.3. The molecule has 0 radical (unpaired) electrons. The Balaban J connectivity index is 3.57. The summed E-state index contributed by atoms with van der Waals surface area (Å²) in [5.41, 5.74) is 0. The fourth-order valence-electron chi connectivity index (χ4n) is 8.34. The minimum absolute atomic E-state index is 0.0831. The van der Waals surface area contributed by atoms with Gasteiger partial charge >= 0.3 is 11.9 Å². The summed E-state index contributed by atoms with van der Waals surface area (Å²) < 4.78 is 10.7. The molecule has 0 saturated carbocycles. The zero-order chi connectivity index (χ0) is 56.2. The van der Waals surface area contributed by atoms with Gasteiger partial charge in [-0.05, 0) is 128 Å². The number of carbonyl (C=O) groups excluding carboxylic acids is 2. The molecule has 0 spiro atoms. The summed E-state index contributed by atoms with van der Waals surface area (Å²) >= 11 is 0. The molecule has 0 saturated heterocycles. The quantitative estimate of drug-likeness (QED) is 0.0373. The first-order chi connectivity index (χ1) is 38.6. The molecular weight excluding hydrogens is 957 g/mol. The summed E-state index contributed by atoms with van der Waals surface area (Å²) in [6.45, 7) is 3.90. The number of ether oxygens (including phenoxy) is 2. The first-order valence-corrected chi connectivity index (χ1v) is 31.7. The van der Waals surface area contributed by atoms with Crippen molar-refractivity contribution in [3.63, 3.8) is 0 Å². The third kappa shape index (κ3) is 63.8. The average molecular weight is 1070 g/mol. The van der Waals surface area contributed by atoms with Crippen LogP contribution < -0.4 is 0 Å². The zero-order valence-electron chi connectivity index (χ0n) is 50.1. The van der Waals surface area contributed by atoms with Crippen LogP contribution in [0.3, 0.4) is 0 Å². The van der Waals surface area contributed by atoms with Crippen LogP contribution in [-0.2, 0) is 19.1 Å². The van der Waals surface area contributed by atoms with Crippen LogP contribution in [0.25, 0.3) is 0 Å². The fraction of sp³-hybridized carbons (Fsp3) is 0.589. The minimum Gasteiger partial charge on any atom is -0.462 e. The van der Waals surface area contributed by atoms with Crippen LogP contribution in [-0.4, -0.2) is 36.4 Å². The van der Waals surface area contributed by atoms with Crippen molar-refractivity contribution in [1.29, 1.82) is 0 Å². The van der Waals surface area contributed by atoms with Crippen LogP contribution >= 0.6 is 0 Å². The molecular formula is C73H116O5. The number of allylic oxidation sites excluding steroid dienone is 28. The Kier molecular flexibility index (Phi) is 62.5. The number of aliphatic hydroxyl groups is 1. The van der Waals surface area contributed by atoms with E-state index in [0.717, 1.165) is 135 Å². The highest BCUT2D eigenvalue weighted by atomic mass is 16.6. The van der Waals surface area contributed by atoms with Crippen LogP contribution in [0.4, 0.5) is 0 Å². The van der Waals surface area contributed by atoms with Crippen LogP contribution in [0.5, 0.6) is 0 Å². The number of aliphatic hydroxyl groups excluding tert-OH is 1. The Labute approximate surface area is 481 Å². The molecule has 0 aromatic rings. The van der Waals surface area contributed by atoms with Gasteiger partial charge in [0.1, 0.15) is 6.61 Å². The monoisotopic (exact) mass is 1070 g/mol. The van der Waals surface area contributed by atoms with E-state index in [0.29, 0.717) is 12.8 Å². The summed E-state index contributed by atoms with van der Waals surface area (Å²) in [7, 11) is 0. The van der Waals surface area contributed by atoms with E-state index in [1.54, 1.807) is 0 Å². The maximum Gasteiger partial charge on any atom is 0.306 e. The molecule has 0 bridgehead atoms. The molecule has 0 aliphatic heterocycles. The van der Waals surface area contributed by atoms with Gasteiger partial charge < -0.3 is 14.6 Å². The summed E-state index contributed by atoms with van der Waals surface area (Å²) in [6.07, 6.45) is 103. The molecule has 0 aliphatic rings. The van der Waals surface area contributed by atoms with Crippen molar-refractivity contribution in [1.82, 2.24) is 0 Å². The average Bonchev–Trinajstić information content (AvgIpc) is 3.44. The van der Waals surface area contributed by atoms with Crippen molar-refractivity contribution in [2.75, 3.05) is 13.2 Å². The highest BCUT2D eigenvalue weighted by Crippen LogP contribution is 2.15. The summed E-state index contributed by atoms with van der Waals surface area (Å²) in [4.78, 5) is 24.6. The van der Waals surface area contributed by atoms with Gasteiger partial charge in [-0.3, -0.25) is 9.59 Å². The predicted octanol–water partition coefficient (Wildman–Crippen LogP) is 22.1.